The van der Waals surface area contributed by atoms with E-state index in [0.717, 1.165) is 19.0 Å². The highest BCUT2D eigenvalue weighted by molar-refractivity contribution is 9.10. The van der Waals surface area contributed by atoms with Gasteiger partial charge in [0.2, 0.25) is 0 Å². The zero-order chi connectivity index (χ0) is 13.7. The highest BCUT2D eigenvalue weighted by Crippen LogP contribution is 2.29. The monoisotopic (exact) mass is 324 g/mol. The molecule has 0 aromatic heterocycles. The predicted octanol–water partition coefficient (Wildman–Crippen LogP) is 4.19. The summed E-state index contributed by atoms with van der Waals surface area (Å²) in [7, 11) is 0. The number of rotatable bonds is 5. The van der Waals surface area contributed by atoms with E-state index in [1.54, 1.807) is 0 Å². The van der Waals surface area contributed by atoms with Gasteiger partial charge in [0.05, 0.1) is 0 Å². The van der Waals surface area contributed by atoms with Crippen LogP contribution in [0.5, 0.6) is 0 Å². The van der Waals surface area contributed by atoms with Crippen molar-refractivity contribution in [3.05, 3.63) is 28.2 Å². The first-order valence-electron chi connectivity index (χ1n) is 7.48. The van der Waals surface area contributed by atoms with Crippen LogP contribution >= 0.6 is 15.9 Å². The van der Waals surface area contributed by atoms with E-state index < -0.39 is 0 Å². The van der Waals surface area contributed by atoms with Crippen molar-refractivity contribution in [2.75, 3.05) is 24.5 Å². The molecule has 19 heavy (non-hydrogen) atoms. The normalized spacial score (nSPS) is 19.7. The van der Waals surface area contributed by atoms with Crippen LogP contribution in [0, 0.1) is 5.92 Å². The van der Waals surface area contributed by atoms with Crippen LogP contribution < -0.4 is 10.2 Å². The van der Waals surface area contributed by atoms with Gasteiger partial charge in [0.25, 0.3) is 0 Å². The molecule has 0 spiro atoms. The molecule has 0 radical (unpaired) electrons. The molecule has 1 aromatic carbocycles. The molecular formula is C16H25BrN2. The lowest BCUT2D eigenvalue weighted by atomic mass is 9.94. The van der Waals surface area contributed by atoms with Gasteiger partial charge in [-0.05, 0) is 49.1 Å². The maximum absolute atomic E-state index is 3.59. The second-order valence-corrected chi connectivity index (χ2v) is 6.33. The molecule has 1 atom stereocenters. The van der Waals surface area contributed by atoms with Gasteiger partial charge in [-0.15, -0.1) is 0 Å². The third kappa shape index (κ3) is 3.96. The molecule has 2 nitrogen and oxygen atoms in total. The van der Waals surface area contributed by atoms with Crippen LogP contribution in [0.2, 0.25) is 0 Å². The lowest BCUT2D eigenvalue weighted by Crippen LogP contribution is -2.36. The van der Waals surface area contributed by atoms with E-state index in [1.807, 2.05) is 0 Å². The number of nitrogens with one attached hydrogen (secondary N) is 1. The predicted molar refractivity (Wildman–Crippen MR) is 86.8 cm³/mol. The number of hydrogen-bond donors (Lipinski definition) is 1. The maximum Gasteiger partial charge on any atom is 0.0412 e. The standard InChI is InChI=1S/C16H25BrN2/c1-3-13-6-5-9-19(12-13)16-8-7-15(17)10-14(16)11-18-4-2/h7-8,10,13,18H,3-6,9,11-12H2,1-2H3. The fourth-order valence-electron chi connectivity index (χ4n) is 2.88. The molecule has 0 bridgehead atoms. The largest absolute Gasteiger partial charge is 0.371 e. The summed E-state index contributed by atoms with van der Waals surface area (Å²) < 4.78 is 1.17. The van der Waals surface area contributed by atoms with Crippen molar-refractivity contribution in [3.63, 3.8) is 0 Å². The van der Waals surface area contributed by atoms with Crippen LogP contribution in [-0.4, -0.2) is 19.6 Å². The third-order valence-electron chi connectivity index (χ3n) is 4.04. The second kappa shape index (κ2) is 7.30. The first-order chi connectivity index (χ1) is 9.24. The van der Waals surface area contributed by atoms with Crippen LogP contribution in [0.15, 0.2) is 22.7 Å². The topological polar surface area (TPSA) is 15.3 Å². The average Bonchev–Trinajstić information content (AvgIpc) is 2.45. The summed E-state index contributed by atoms with van der Waals surface area (Å²) in [4.78, 5) is 2.58. The number of anilines is 1. The van der Waals surface area contributed by atoms with Crippen molar-refractivity contribution >= 4 is 21.6 Å². The maximum atomic E-state index is 3.59. The molecule has 1 unspecified atom stereocenters. The van der Waals surface area contributed by atoms with Gasteiger partial charge in [-0.2, -0.15) is 0 Å². The highest BCUT2D eigenvalue weighted by Gasteiger charge is 2.20. The van der Waals surface area contributed by atoms with Gasteiger partial charge in [0, 0.05) is 29.8 Å². The van der Waals surface area contributed by atoms with Crippen molar-refractivity contribution in [1.29, 1.82) is 0 Å². The Bertz CT molecular complexity index is 406. The number of piperidine rings is 1. The minimum Gasteiger partial charge on any atom is -0.371 e. The zero-order valence-electron chi connectivity index (χ0n) is 12.1. The Labute approximate surface area is 125 Å². The molecular weight excluding hydrogens is 300 g/mol. The van der Waals surface area contributed by atoms with Crippen molar-refractivity contribution in [1.82, 2.24) is 5.32 Å². The molecule has 0 amide bonds. The Morgan fingerprint density at radius 1 is 1.37 bits per heavy atom. The van der Waals surface area contributed by atoms with E-state index in [4.69, 9.17) is 0 Å². The Morgan fingerprint density at radius 2 is 2.21 bits per heavy atom. The summed E-state index contributed by atoms with van der Waals surface area (Å²) in [5.74, 6) is 0.865. The Balaban J connectivity index is 2.17. The van der Waals surface area contributed by atoms with Crippen LogP contribution in [0.1, 0.15) is 38.7 Å². The molecule has 1 saturated heterocycles. The van der Waals surface area contributed by atoms with Gasteiger partial charge in [0.15, 0.2) is 0 Å². The van der Waals surface area contributed by atoms with E-state index >= 15 is 0 Å². The molecule has 1 aliphatic heterocycles. The molecule has 1 fully saturated rings. The van der Waals surface area contributed by atoms with Crippen LogP contribution in [-0.2, 0) is 6.54 Å². The lowest BCUT2D eigenvalue weighted by Gasteiger charge is -2.35. The first-order valence-corrected chi connectivity index (χ1v) is 8.28. The molecule has 106 valence electrons. The molecule has 1 aromatic rings. The second-order valence-electron chi connectivity index (χ2n) is 5.42. The van der Waals surface area contributed by atoms with Crippen LogP contribution in [0.25, 0.3) is 0 Å². The third-order valence-corrected chi connectivity index (χ3v) is 4.54. The fraction of sp³-hybridized carbons (Fsp3) is 0.625. The van der Waals surface area contributed by atoms with E-state index in [-0.39, 0.29) is 0 Å². The van der Waals surface area contributed by atoms with Crippen molar-refractivity contribution in [2.24, 2.45) is 5.92 Å². The minimum atomic E-state index is 0.865. The Morgan fingerprint density at radius 3 is 2.95 bits per heavy atom. The SMILES string of the molecule is CCNCc1cc(Br)ccc1N1CCCC(CC)C1. The summed E-state index contributed by atoms with van der Waals surface area (Å²) >= 11 is 3.59. The van der Waals surface area contributed by atoms with Crippen LogP contribution in [0.3, 0.4) is 0 Å². The highest BCUT2D eigenvalue weighted by atomic mass is 79.9. The quantitative estimate of drug-likeness (QED) is 0.873. The summed E-state index contributed by atoms with van der Waals surface area (Å²) in [5, 5.41) is 3.45. The summed E-state index contributed by atoms with van der Waals surface area (Å²) in [5.41, 5.74) is 2.83. The summed E-state index contributed by atoms with van der Waals surface area (Å²) in [6, 6.07) is 6.70. The summed E-state index contributed by atoms with van der Waals surface area (Å²) in [6.45, 7) is 8.87. The fourth-order valence-corrected chi connectivity index (χ4v) is 3.29. The van der Waals surface area contributed by atoms with Crippen LogP contribution in [0.4, 0.5) is 5.69 Å². The smallest absolute Gasteiger partial charge is 0.0412 e. The zero-order valence-corrected chi connectivity index (χ0v) is 13.7. The molecule has 0 aliphatic carbocycles. The lowest BCUT2D eigenvalue weighted by molar-refractivity contribution is 0.404. The summed E-state index contributed by atoms with van der Waals surface area (Å²) in [6.07, 6.45) is 4.02. The minimum absolute atomic E-state index is 0.865. The molecule has 1 heterocycles. The molecule has 0 saturated carbocycles. The average molecular weight is 325 g/mol. The van der Waals surface area contributed by atoms with Gasteiger partial charge < -0.3 is 10.2 Å². The van der Waals surface area contributed by atoms with E-state index in [9.17, 15) is 0 Å². The number of benzene rings is 1. The molecule has 3 heteroatoms. The molecule has 1 aliphatic rings. The van der Waals surface area contributed by atoms with Crippen molar-refractivity contribution < 1.29 is 0 Å². The number of nitrogens with zero attached hydrogens (tertiary/aromatic N) is 1. The molecule has 1 N–H and O–H groups in total. The number of hydrogen-bond acceptors (Lipinski definition) is 2. The van der Waals surface area contributed by atoms with E-state index in [2.05, 4.69) is 58.2 Å². The van der Waals surface area contributed by atoms with Gasteiger partial charge in [0.1, 0.15) is 0 Å². The van der Waals surface area contributed by atoms with Gasteiger partial charge in [-0.25, -0.2) is 0 Å². The Hall–Kier alpha value is -0.540. The molecule has 2 rings (SSSR count). The Kier molecular flexibility index (Phi) is 5.71. The van der Waals surface area contributed by atoms with Crippen molar-refractivity contribution in [2.45, 2.75) is 39.7 Å². The first kappa shape index (κ1) is 14.9. The van der Waals surface area contributed by atoms with Gasteiger partial charge >= 0.3 is 0 Å². The number of halogens is 1. The van der Waals surface area contributed by atoms with Gasteiger partial charge in [-0.3, -0.25) is 0 Å². The van der Waals surface area contributed by atoms with E-state index in [0.29, 0.717) is 0 Å². The van der Waals surface area contributed by atoms with Crippen molar-refractivity contribution in [3.8, 4) is 0 Å². The van der Waals surface area contributed by atoms with E-state index in [1.165, 1.54) is 48.1 Å². The van der Waals surface area contributed by atoms with Gasteiger partial charge in [-0.1, -0.05) is 36.2 Å².